The molecule has 0 fully saturated rings. The predicted octanol–water partition coefficient (Wildman–Crippen LogP) is 5.44. The van der Waals surface area contributed by atoms with Crippen molar-refractivity contribution in [3.63, 3.8) is 0 Å². The molecular weight excluding hydrogens is 419 g/mol. The standard InChI is InChI=1S/C23H15F5O3/c24-17-18(25)20(27)22(21(28)19(17)26)31-23(30)16(14-9-5-2-6-10-14)15(11-12-29)13-7-3-1-4-8-13/h1-10,12,15-16H,11H2/t15-,16+/m1/s1. The third kappa shape index (κ3) is 4.47. The van der Waals surface area contributed by atoms with Crippen LogP contribution in [0.15, 0.2) is 60.7 Å². The van der Waals surface area contributed by atoms with Crippen molar-refractivity contribution in [1.82, 2.24) is 0 Å². The van der Waals surface area contributed by atoms with E-state index in [-0.39, 0.29) is 6.42 Å². The Morgan fingerprint density at radius 3 is 1.68 bits per heavy atom. The van der Waals surface area contributed by atoms with Crippen LogP contribution >= 0.6 is 0 Å². The summed E-state index contributed by atoms with van der Waals surface area (Å²) < 4.78 is 73.1. The average Bonchev–Trinajstić information content (AvgIpc) is 2.80. The summed E-state index contributed by atoms with van der Waals surface area (Å²) in [5, 5.41) is 0. The number of rotatable bonds is 7. The Morgan fingerprint density at radius 2 is 1.19 bits per heavy atom. The van der Waals surface area contributed by atoms with E-state index in [2.05, 4.69) is 0 Å². The fraction of sp³-hybridized carbons (Fsp3) is 0.130. The lowest BCUT2D eigenvalue weighted by atomic mass is 9.79. The van der Waals surface area contributed by atoms with Crippen molar-refractivity contribution >= 4 is 12.3 Å². The van der Waals surface area contributed by atoms with Crippen LogP contribution in [0, 0.1) is 29.1 Å². The molecule has 3 aromatic carbocycles. The van der Waals surface area contributed by atoms with E-state index in [1.165, 1.54) is 12.1 Å². The highest BCUT2D eigenvalue weighted by molar-refractivity contribution is 5.82. The zero-order valence-corrected chi connectivity index (χ0v) is 15.8. The van der Waals surface area contributed by atoms with Gasteiger partial charge in [0.05, 0.1) is 5.92 Å². The van der Waals surface area contributed by atoms with Crippen molar-refractivity contribution in [3.8, 4) is 5.75 Å². The third-order valence-electron chi connectivity index (χ3n) is 4.77. The smallest absolute Gasteiger partial charge is 0.319 e. The Hall–Kier alpha value is -3.55. The summed E-state index contributed by atoms with van der Waals surface area (Å²) in [6, 6.07) is 16.3. The summed E-state index contributed by atoms with van der Waals surface area (Å²) in [6.07, 6.45) is 0.412. The van der Waals surface area contributed by atoms with Gasteiger partial charge in [-0.3, -0.25) is 4.79 Å². The molecule has 0 N–H and O–H groups in total. The third-order valence-corrected chi connectivity index (χ3v) is 4.77. The molecule has 0 saturated carbocycles. The lowest BCUT2D eigenvalue weighted by Gasteiger charge is -2.25. The quantitative estimate of drug-likeness (QED) is 0.124. The molecule has 0 amide bonds. The van der Waals surface area contributed by atoms with Crippen LogP contribution in [0.5, 0.6) is 5.75 Å². The number of benzene rings is 3. The fourth-order valence-electron chi connectivity index (χ4n) is 3.30. The minimum absolute atomic E-state index is 0.157. The molecule has 0 aliphatic heterocycles. The van der Waals surface area contributed by atoms with Gasteiger partial charge in [0.2, 0.25) is 34.8 Å². The molecule has 8 heteroatoms. The number of ether oxygens (including phenoxy) is 1. The molecule has 0 unspecified atom stereocenters. The zero-order valence-electron chi connectivity index (χ0n) is 15.8. The van der Waals surface area contributed by atoms with Gasteiger partial charge in [0.25, 0.3) is 0 Å². The molecule has 0 heterocycles. The van der Waals surface area contributed by atoms with Gasteiger partial charge >= 0.3 is 5.97 Å². The maximum Gasteiger partial charge on any atom is 0.319 e. The van der Waals surface area contributed by atoms with Crippen LogP contribution in [-0.4, -0.2) is 12.3 Å². The molecule has 31 heavy (non-hydrogen) atoms. The Kier molecular flexibility index (Phi) is 6.79. The first-order chi connectivity index (χ1) is 14.9. The first-order valence-corrected chi connectivity index (χ1v) is 9.13. The van der Waals surface area contributed by atoms with Crippen molar-refractivity contribution in [3.05, 3.63) is 101 Å². The number of aldehydes is 1. The zero-order chi connectivity index (χ0) is 22.5. The molecule has 3 aromatic rings. The number of hydrogen-bond donors (Lipinski definition) is 0. The van der Waals surface area contributed by atoms with Gasteiger partial charge in [-0.25, -0.2) is 13.2 Å². The van der Waals surface area contributed by atoms with Crippen LogP contribution in [0.25, 0.3) is 0 Å². The van der Waals surface area contributed by atoms with Crippen molar-refractivity contribution in [2.24, 2.45) is 0 Å². The second-order valence-electron chi connectivity index (χ2n) is 6.63. The summed E-state index contributed by atoms with van der Waals surface area (Å²) in [5.74, 6) is -16.4. The summed E-state index contributed by atoms with van der Waals surface area (Å²) in [7, 11) is 0. The lowest BCUT2D eigenvalue weighted by Crippen LogP contribution is -2.26. The normalized spacial score (nSPS) is 12.8. The number of hydrogen-bond acceptors (Lipinski definition) is 3. The lowest BCUT2D eigenvalue weighted by molar-refractivity contribution is -0.137. The van der Waals surface area contributed by atoms with Crippen molar-refractivity contribution < 1.29 is 36.3 Å². The van der Waals surface area contributed by atoms with Crippen molar-refractivity contribution in [2.75, 3.05) is 0 Å². The number of halogens is 5. The topological polar surface area (TPSA) is 43.4 Å². The van der Waals surface area contributed by atoms with Crippen molar-refractivity contribution in [2.45, 2.75) is 18.3 Å². The van der Waals surface area contributed by atoms with Crippen LogP contribution < -0.4 is 4.74 Å². The number of carbonyl (C=O) groups is 2. The Bertz CT molecular complexity index is 1060. The molecule has 0 radical (unpaired) electrons. The minimum Gasteiger partial charge on any atom is -0.419 e. The van der Waals surface area contributed by atoms with E-state index in [4.69, 9.17) is 4.74 Å². The largest absolute Gasteiger partial charge is 0.419 e. The predicted molar refractivity (Wildman–Crippen MR) is 101 cm³/mol. The van der Waals surface area contributed by atoms with Gasteiger partial charge in [-0.05, 0) is 11.1 Å². The molecule has 160 valence electrons. The molecule has 2 atom stereocenters. The maximum absolute atomic E-state index is 14.0. The molecule has 0 saturated heterocycles. The van der Waals surface area contributed by atoms with E-state index < -0.39 is 52.6 Å². The Balaban J connectivity index is 2.09. The van der Waals surface area contributed by atoms with Gasteiger partial charge < -0.3 is 9.53 Å². The molecule has 3 rings (SSSR count). The van der Waals surface area contributed by atoms with Crippen LogP contribution in [-0.2, 0) is 9.59 Å². The van der Waals surface area contributed by atoms with Gasteiger partial charge in [0, 0.05) is 12.3 Å². The Labute approximate surface area is 174 Å². The SMILES string of the molecule is O=CC[C@H](c1ccccc1)[C@@H](C(=O)Oc1c(F)c(F)c(F)c(F)c1F)c1ccccc1. The Morgan fingerprint density at radius 1 is 0.742 bits per heavy atom. The van der Waals surface area contributed by atoms with Gasteiger partial charge in [-0.2, -0.15) is 8.78 Å². The number of carbonyl (C=O) groups excluding carboxylic acids is 2. The van der Waals surface area contributed by atoms with E-state index in [9.17, 15) is 31.5 Å². The first-order valence-electron chi connectivity index (χ1n) is 9.13. The molecule has 3 nitrogen and oxygen atoms in total. The average molecular weight is 434 g/mol. The van der Waals surface area contributed by atoms with E-state index in [0.717, 1.165) is 0 Å². The van der Waals surface area contributed by atoms with Crippen LogP contribution in [0.3, 0.4) is 0 Å². The molecular formula is C23H15F5O3. The van der Waals surface area contributed by atoms with E-state index in [1.54, 1.807) is 48.5 Å². The minimum atomic E-state index is -2.36. The molecule has 0 aliphatic carbocycles. The molecule has 0 spiro atoms. The van der Waals surface area contributed by atoms with Gasteiger partial charge in [0.1, 0.15) is 6.29 Å². The molecule has 0 bridgehead atoms. The van der Waals surface area contributed by atoms with E-state index in [0.29, 0.717) is 17.4 Å². The van der Waals surface area contributed by atoms with Gasteiger partial charge in [-0.1, -0.05) is 60.7 Å². The highest BCUT2D eigenvalue weighted by Gasteiger charge is 2.35. The second-order valence-corrected chi connectivity index (χ2v) is 6.63. The summed E-state index contributed by atoms with van der Waals surface area (Å²) in [5.41, 5.74) is 0.893. The van der Waals surface area contributed by atoms with Gasteiger partial charge in [-0.15, -0.1) is 0 Å². The highest BCUT2D eigenvalue weighted by Crippen LogP contribution is 2.38. The van der Waals surface area contributed by atoms with Crippen molar-refractivity contribution in [1.29, 1.82) is 0 Å². The molecule has 0 aliphatic rings. The van der Waals surface area contributed by atoms with Gasteiger partial charge in [0.15, 0.2) is 0 Å². The fourth-order valence-corrected chi connectivity index (χ4v) is 3.30. The summed E-state index contributed by atoms with van der Waals surface area (Å²) >= 11 is 0. The maximum atomic E-state index is 14.0. The monoisotopic (exact) mass is 434 g/mol. The number of esters is 1. The van der Waals surface area contributed by atoms with Crippen LogP contribution in [0.1, 0.15) is 29.4 Å². The van der Waals surface area contributed by atoms with E-state index in [1.807, 2.05) is 0 Å². The van der Waals surface area contributed by atoms with Crippen LogP contribution in [0.4, 0.5) is 22.0 Å². The molecule has 0 aromatic heterocycles. The van der Waals surface area contributed by atoms with E-state index >= 15 is 0 Å². The second kappa shape index (κ2) is 9.51. The highest BCUT2D eigenvalue weighted by atomic mass is 19.2. The first kappa shape index (κ1) is 22.1. The summed E-state index contributed by atoms with van der Waals surface area (Å²) in [4.78, 5) is 24.3. The van der Waals surface area contributed by atoms with Crippen LogP contribution in [0.2, 0.25) is 0 Å². The summed E-state index contributed by atoms with van der Waals surface area (Å²) in [6.45, 7) is 0.